The highest BCUT2D eigenvalue weighted by Crippen LogP contribution is 2.39. The Morgan fingerprint density at radius 1 is 0.500 bits per heavy atom. The molecule has 1 atom stereocenters. The highest BCUT2D eigenvalue weighted by molar-refractivity contribution is 6.14. The number of para-hydroxylation sites is 3. The minimum absolute atomic E-state index is 0.383. The summed E-state index contributed by atoms with van der Waals surface area (Å²) in [6, 6.07) is 59.2. The number of rotatable bonds is 5. The molecule has 7 aromatic carbocycles. The van der Waals surface area contributed by atoms with Gasteiger partial charge in [0, 0.05) is 43.9 Å². The molecule has 0 fully saturated rings. The van der Waals surface area contributed by atoms with Crippen LogP contribution in [0.3, 0.4) is 0 Å². The van der Waals surface area contributed by atoms with Crippen molar-refractivity contribution in [3.05, 3.63) is 187 Å². The Hall–Kier alpha value is -6.72. The standard InChI is InChI=1S/C45H30N4O/c1-4-13-29(14-5-1)43-46-44(30-15-6-2-7-16-30)48-45(47-43)37-21-12-20-36-35-25-23-32(28-41(35)50-42(36)37)31-24-26-40-38(27-31)34-19-10-11-22-39(34)49(40)33-17-8-3-9-18-33/h1-28,45H,(H,46,47,48). The molecule has 0 amide bonds. The summed E-state index contributed by atoms with van der Waals surface area (Å²) in [4.78, 5) is 10.1. The average Bonchev–Trinajstić information content (AvgIpc) is 3.74. The minimum atomic E-state index is -0.383. The molecule has 5 heteroatoms. The largest absolute Gasteiger partial charge is 0.456 e. The van der Waals surface area contributed by atoms with Crippen molar-refractivity contribution in [3.8, 4) is 16.8 Å². The zero-order chi connectivity index (χ0) is 33.0. The van der Waals surface area contributed by atoms with Crippen LogP contribution in [0.5, 0.6) is 0 Å². The van der Waals surface area contributed by atoms with Crippen molar-refractivity contribution in [3.63, 3.8) is 0 Å². The molecule has 9 aromatic rings. The summed E-state index contributed by atoms with van der Waals surface area (Å²) in [7, 11) is 0. The van der Waals surface area contributed by atoms with Crippen LogP contribution in [-0.2, 0) is 0 Å². The fourth-order valence-corrected chi connectivity index (χ4v) is 7.29. The van der Waals surface area contributed by atoms with E-state index in [4.69, 9.17) is 14.4 Å². The van der Waals surface area contributed by atoms with Gasteiger partial charge in [0.15, 0.2) is 12.0 Å². The zero-order valence-corrected chi connectivity index (χ0v) is 27.0. The van der Waals surface area contributed by atoms with Gasteiger partial charge in [-0.1, -0.05) is 127 Å². The number of fused-ring (bicyclic) bond motifs is 6. The lowest BCUT2D eigenvalue weighted by molar-refractivity contribution is 0.628. The van der Waals surface area contributed by atoms with E-state index in [0.717, 1.165) is 61.3 Å². The number of nitrogens with zero attached hydrogens (tertiary/aromatic N) is 3. The minimum Gasteiger partial charge on any atom is -0.456 e. The van der Waals surface area contributed by atoms with Gasteiger partial charge in [0.1, 0.15) is 17.0 Å². The predicted octanol–water partition coefficient (Wildman–Crippen LogP) is 10.8. The first kappa shape index (κ1) is 28.3. The normalized spacial score (nSPS) is 14.6. The maximum absolute atomic E-state index is 6.75. The predicted molar refractivity (Wildman–Crippen MR) is 205 cm³/mol. The second-order valence-electron chi connectivity index (χ2n) is 12.6. The lowest BCUT2D eigenvalue weighted by Gasteiger charge is -2.23. The van der Waals surface area contributed by atoms with E-state index in [2.05, 4.69) is 131 Å². The second-order valence-corrected chi connectivity index (χ2v) is 12.6. The van der Waals surface area contributed by atoms with Gasteiger partial charge in [0.05, 0.1) is 11.0 Å². The van der Waals surface area contributed by atoms with Crippen molar-refractivity contribution in [1.82, 2.24) is 9.88 Å². The molecule has 10 rings (SSSR count). The summed E-state index contributed by atoms with van der Waals surface area (Å²) in [6.07, 6.45) is -0.383. The van der Waals surface area contributed by atoms with E-state index in [9.17, 15) is 0 Å². The highest BCUT2D eigenvalue weighted by Gasteiger charge is 2.24. The number of amidine groups is 2. The van der Waals surface area contributed by atoms with Crippen molar-refractivity contribution >= 4 is 55.4 Å². The van der Waals surface area contributed by atoms with Gasteiger partial charge in [0.25, 0.3) is 0 Å². The molecule has 1 aliphatic heterocycles. The summed E-state index contributed by atoms with van der Waals surface area (Å²) >= 11 is 0. The molecule has 0 bridgehead atoms. The van der Waals surface area contributed by atoms with E-state index in [-0.39, 0.29) is 6.17 Å². The van der Waals surface area contributed by atoms with Crippen molar-refractivity contribution in [2.75, 3.05) is 0 Å². The van der Waals surface area contributed by atoms with Gasteiger partial charge >= 0.3 is 0 Å². The monoisotopic (exact) mass is 642 g/mol. The number of aliphatic imine (C=N–C) groups is 2. The third kappa shape index (κ3) is 4.63. The first-order valence-corrected chi connectivity index (χ1v) is 16.9. The quantitative estimate of drug-likeness (QED) is 0.203. The molecule has 5 nitrogen and oxygen atoms in total. The van der Waals surface area contributed by atoms with Gasteiger partial charge in [-0.25, -0.2) is 9.98 Å². The van der Waals surface area contributed by atoms with E-state index in [0.29, 0.717) is 5.84 Å². The van der Waals surface area contributed by atoms with Crippen LogP contribution in [0.25, 0.3) is 60.6 Å². The molecule has 0 saturated heterocycles. The molecule has 0 radical (unpaired) electrons. The summed E-state index contributed by atoms with van der Waals surface area (Å²) in [5.41, 5.74) is 10.4. The molecule has 236 valence electrons. The summed E-state index contributed by atoms with van der Waals surface area (Å²) in [6.45, 7) is 0. The Kier molecular flexibility index (Phi) is 6.49. The van der Waals surface area contributed by atoms with Crippen molar-refractivity contribution in [1.29, 1.82) is 0 Å². The Morgan fingerprint density at radius 3 is 1.98 bits per heavy atom. The third-order valence-corrected chi connectivity index (χ3v) is 9.67. The summed E-state index contributed by atoms with van der Waals surface area (Å²) in [5, 5.41) is 8.20. The smallest absolute Gasteiger partial charge is 0.159 e. The van der Waals surface area contributed by atoms with Crippen LogP contribution in [0, 0.1) is 0 Å². The molecule has 1 aliphatic rings. The van der Waals surface area contributed by atoms with Crippen molar-refractivity contribution in [2.24, 2.45) is 9.98 Å². The van der Waals surface area contributed by atoms with E-state index < -0.39 is 0 Å². The molecule has 3 heterocycles. The van der Waals surface area contributed by atoms with Gasteiger partial charge in [-0.2, -0.15) is 0 Å². The molecule has 1 unspecified atom stereocenters. The van der Waals surface area contributed by atoms with Crippen molar-refractivity contribution < 1.29 is 4.42 Å². The zero-order valence-electron chi connectivity index (χ0n) is 27.0. The number of furan rings is 1. The summed E-state index contributed by atoms with van der Waals surface area (Å²) in [5.74, 6) is 1.47. The molecule has 0 aliphatic carbocycles. The lowest BCUT2D eigenvalue weighted by atomic mass is 10.0. The van der Waals surface area contributed by atoms with Crippen LogP contribution in [-0.4, -0.2) is 16.2 Å². The van der Waals surface area contributed by atoms with Gasteiger partial charge in [0.2, 0.25) is 0 Å². The SMILES string of the molecule is c1ccc(C2=NC(c3cccc4c3oc3cc(-c5ccc6c(c5)c5ccccc5n6-c5ccccc5)ccc34)NC(c3ccccc3)=N2)cc1. The van der Waals surface area contributed by atoms with Gasteiger partial charge in [-0.15, -0.1) is 0 Å². The topological polar surface area (TPSA) is 54.8 Å². The maximum atomic E-state index is 6.75. The Balaban J connectivity index is 1.08. The second kappa shape index (κ2) is 11.5. The van der Waals surface area contributed by atoms with E-state index in [1.165, 1.54) is 21.8 Å². The molecular formula is C45H30N4O. The fourth-order valence-electron chi connectivity index (χ4n) is 7.29. The molecule has 1 N–H and O–H groups in total. The maximum Gasteiger partial charge on any atom is 0.159 e. The summed E-state index contributed by atoms with van der Waals surface area (Å²) < 4.78 is 9.09. The van der Waals surface area contributed by atoms with Crippen LogP contribution in [0.4, 0.5) is 0 Å². The van der Waals surface area contributed by atoms with Crippen LogP contribution in [0.2, 0.25) is 0 Å². The Morgan fingerprint density at radius 2 is 1.16 bits per heavy atom. The average molecular weight is 643 g/mol. The lowest BCUT2D eigenvalue weighted by Crippen LogP contribution is -2.33. The highest BCUT2D eigenvalue weighted by atomic mass is 16.3. The van der Waals surface area contributed by atoms with Gasteiger partial charge in [-0.3, -0.25) is 0 Å². The van der Waals surface area contributed by atoms with Crippen LogP contribution >= 0.6 is 0 Å². The van der Waals surface area contributed by atoms with Crippen LogP contribution < -0.4 is 5.32 Å². The fraction of sp³-hybridized carbons (Fsp3) is 0.0222. The van der Waals surface area contributed by atoms with E-state index in [1.54, 1.807) is 0 Å². The molecular weight excluding hydrogens is 613 g/mol. The number of aromatic nitrogens is 1. The molecule has 2 aromatic heterocycles. The number of benzene rings is 7. The van der Waals surface area contributed by atoms with Crippen LogP contribution in [0.15, 0.2) is 184 Å². The Labute approximate surface area is 288 Å². The van der Waals surface area contributed by atoms with E-state index >= 15 is 0 Å². The van der Waals surface area contributed by atoms with Crippen molar-refractivity contribution in [2.45, 2.75) is 6.17 Å². The number of nitrogens with one attached hydrogen (secondary N) is 1. The molecule has 0 spiro atoms. The van der Waals surface area contributed by atoms with Crippen LogP contribution in [0.1, 0.15) is 22.9 Å². The third-order valence-electron chi connectivity index (χ3n) is 9.67. The first-order valence-electron chi connectivity index (χ1n) is 16.9. The van der Waals surface area contributed by atoms with Gasteiger partial charge < -0.3 is 14.3 Å². The van der Waals surface area contributed by atoms with Gasteiger partial charge in [-0.05, 0) is 53.6 Å². The Bertz CT molecular complexity index is 2780. The number of hydrogen-bond donors (Lipinski definition) is 1. The molecule has 0 saturated carbocycles. The number of hydrogen-bond acceptors (Lipinski definition) is 4. The molecule has 50 heavy (non-hydrogen) atoms. The first-order chi connectivity index (χ1) is 24.8. The van der Waals surface area contributed by atoms with E-state index in [1.807, 2.05) is 48.5 Å².